The SMILES string of the molecule is COCc1c(C(=O)N2C[C@H](C(=O)O)[C@H](c3ccccc3)C2)oc2ccccc12. The van der Waals surface area contributed by atoms with E-state index in [4.69, 9.17) is 9.15 Å². The number of rotatable bonds is 5. The highest BCUT2D eigenvalue weighted by molar-refractivity contribution is 5.99. The van der Waals surface area contributed by atoms with Crippen LogP contribution in [0.15, 0.2) is 59.0 Å². The quantitative estimate of drug-likeness (QED) is 0.734. The first-order valence-electron chi connectivity index (χ1n) is 9.16. The van der Waals surface area contributed by atoms with Gasteiger partial charge in [0.1, 0.15) is 5.58 Å². The molecule has 0 saturated carbocycles. The number of likely N-dealkylation sites (tertiary alicyclic amines) is 1. The minimum atomic E-state index is -0.897. The molecule has 1 aliphatic heterocycles. The normalized spacial score (nSPS) is 19.2. The summed E-state index contributed by atoms with van der Waals surface area (Å²) in [5.41, 5.74) is 2.23. The Kier molecular flexibility index (Phi) is 4.88. The van der Waals surface area contributed by atoms with Crippen molar-refractivity contribution in [2.75, 3.05) is 20.2 Å². The van der Waals surface area contributed by atoms with Gasteiger partial charge in [-0.25, -0.2) is 0 Å². The lowest BCUT2D eigenvalue weighted by molar-refractivity contribution is -0.141. The first kappa shape index (κ1) is 18.3. The summed E-state index contributed by atoms with van der Waals surface area (Å²) in [6.07, 6.45) is 0. The van der Waals surface area contributed by atoms with E-state index in [1.54, 1.807) is 12.0 Å². The molecule has 0 spiro atoms. The smallest absolute Gasteiger partial charge is 0.308 e. The average Bonchev–Trinajstić information content (AvgIpc) is 3.31. The third-order valence-corrected chi connectivity index (χ3v) is 5.33. The molecule has 0 unspecified atom stereocenters. The Morgan fingerprint density at radius 2 is 1.82 bits per heavy atom. The maximum Gasteiger partial charge on any atom is 0.308 e. The van der Waals surface area contributed by atoms with Crippen LogP contribution in [0, 0.1) is 5.92 Å². The lowest BCUT2D eigenvalue weighted by atomic mass is 9.89. The van der Waals surface area contributed by atoms with Crippen LogP contribution in [0.3, 0.4) is 0 Å². The van der Waals surface area contributed by atoms with Crippen LogP contribution in [0.4, 0.5) is 0 Å². The van der Waals surface area contributed by atoms with E-state index in [0.29, 0.717) is 17.7 Å². The molecule has 4 rings (SSSR count). The number of hydrogen-bond donors (Lipinski definition) is 1. The largest absolute Gasteiger partial charge is 0.481 e. The number of amides is 1. The van der Waals surface area contributed by atoms with Gasteiger partial charge in [0.25, 0.3) is 5.91 Å². The fraction of sp³-hybridized carbons (Fsp3) is 0.273. The van der Waals surface area contributed by atoms with E-state index in [9.17, 15) is 14.7 Å². The Bertz CT molecular complexity index is 1010. The molecule has 1 aliphatic rings. The van der Waals surface area contributed by atoms with Crippen molar-refractivity contribution in [1.82, 2.24) is 4.90 Å². The van der Waals surface area contributed by atoms with Gasteiger partial charge in [0.15, 0.2) is 5.76 Å². The van der Waals surface area contributed by atoms with Gasteiger partial charge in [-0.3, -0.25) is 9.59 Å². The molecule has 28 heavy (non-hydrogen) atoms. The molecule has 0 aliphatic carbocycles. The van der Waals surface area contributed by atoms with Gasteiger partial charge in [0.2, 0.25) is 0 Å². The van der Waals surface area contributed by atoms with E-state index >= 15 is 0 Å². The Morgan fingerprint density at radius 3 is 2.54 bits per heavy atom. The van der Waals surface area contributed by atoms with Crippen LogP contribution in [0.2, 0.25) is 0 Å². The molecule has 3 aromatic rings. The zero-order chi connectivity index (χ0) is 19.7. The van der Waals surface area contributed by atoms with E-state index in [1.807, 2.05) is 54.6 Å². The molecular weight excluding hydrogens is 358 g/mol. The number of carboxylic acid groups (broad SMARTS) is 1. The molecule has 1 saturated heterocycles. The molecule has 6 nitrogen and oxygen atoms in total. The van der Waals surface area contributed by atoms with E-state index in [1.165, 1.54) is 0 Å². The number of methoxy groups -OCH3 is 1. The van der Waals surface area contributed by atoms with Crippen LogP contribution in [-0.4, -0.2) is 42.1 Å². The maximum atomic E-state index is 13.2. The number of para-hydroxylation sites is 1. The van der Waals surface area contributed by atoms with Crippen LogP contribution >= 0.6 is 0 Å². The first-order chi connectivity index (χ1) is 13.6. The van der Waals surface area contributed by atoms with Gasteiger partial charge in [-0.1, -0.05) is 48.5 Å². The summed E-state index contributed by atoms with van der Waals surface area (Å²) in [5.74, 6) is -1.88. The Labute approximate surface area is 162 Å². The summed E-state index contributed by atoms with van der Waals surface area (Å²) in [6.45, 7) is 0.733. The average molecular weight is 379 g/mol. The third kappa shape index (κ3) is 3.16. The second kappa shape index (κ2) is 7.48. The third-order valence-electron chi connectivity index (χ3n) is 5.33. The molecule has 1 amide bonds. The number of carboxylic acids is 1. The molecule has 1 N–H and O–H groups in total. The fourth-order valence-electron chi connectivity index (χ4n) is 3.96. The van der Waals surface area contributed by atoms with Crippen molar-refractivity contribution in [2.45, 2.75) is 12.5 Å². The zero-order valence-corrected chi connectivity index (χ0v) is 15.5. The van der Waals surface area contributed by atoms with Gasteiger partial charge in [-0.15, -0.1) is 0 Å². The molecule has 0 radical (unpaired) electrons. The van der Waals surface area contributed by atoms with Gasteiger partial charge < -0.3 is 19.2 Å². The summed E-state index contributed by atoms with van der Waals surface area (Å²) in [7, 11) is 1.57. The number of fused-ring (bicyclic) bond motifs is 1. The lowest BCUT2D eigenvalue weighted by Crippen LogP contribution is -2.30. The summed E-state index contributed by atoms with van der Waals surface area (Å²) in [4.78, 5) is 26.6. The number of ether oxygens (including phenoxy) is 1. The molecular formula is C22H21NO5. The highest BCUT2D eigenvalue weighted by Gasteiger charge is 2.41. The number of carbonyl (C=O) groups is 2. The van der Waals surface area contributed by atoms with Crippen LogP contribution < -0.4 is 0 Å². The summed E-state index contributed by atoms with van der Waals surface area (Å²) in [5, 5.41) is 10.5. The summed E-state index contributed by atoms with van der Waals surface area (Å²) < 4.78 is 11.1. The predicted molar refractivity (Wildman–Crippen MR) is 103 cm³/mol. The molecule has 2 heterocycles. The first-order valence-corrected chi connectivity index (χ1v) is 9.16. The highest BCUT2D eigenvalue weighted by atomic mass is 16.5. The van der Waals surface area contributed by atoms with Gasteiger partial charge >= 0.3 is 5.97 Å². The maximum absolute atomic E-state index is 13.2. The van der Waals surface area contributed by atoms with Crippen LogP contribution in [-0.2, 0) is 16.1 Å². The van der Waals surface area contributed by atoms with Crippen LogP contribution in [0.5, 0.6) is 0 Å². The topological polar surface area (TPSA) is 80.0 Å². The molecule has 6 heteroatoms. The highest BCUT2D eigenvalue weighted by Crippen LogP contribution is 2.35. The van der Waals surface area contributed by atoms with Gasteiger partial charge in [0.05, 0.1) is 12.5 Å². The van der Waals surface area contributed by atoms with Gasteiger partial charge in [0, 0.05) is 37.1 Å². The zero-order valence-electron chi connectivity index (χ0n) is 15.5. The number of nitrogens with zero attached hydrogens (tertiary/aromatic N) is 1. The molecule has 144 valence electrons. The Balaban J connectivity index is 1.68. The van der Waals surface area contributed by atoms with Gasteiger partial charge in [-0.2, -0.15) is 0 Å². The fourth-order valence-corrected chi connectivity index (χ4v) is 3.96. The van der Waals surface area contributed by atoms with Crippen molar-refractivity contribution in [1.29, 1.82) is 0 Å². The van der Waals surface area contributed by atoms with Crippen molar-refractivity contribution in [2.24, 2.45) is 5.92 Å². The van der Waals surface area contributed by atoms with Crippen LogP contribution in [0.1, 0.15) is 27.6 Å². The standard InChI is InChI=1S/C22H21NO5/c1-27-13-18-15-9-5-6-10-19(15)28-20(18)21(24)23-11-16(17(12-23)22(25)26)14-7-3-2-4-8-14/h2-10,16-17H,11-13H2,1H3,(H,25,26)/t16-,17-/m0/s1. The van der Waals surface area contributed by atoms with Crippen LogP contribution in [0.25, 0.3) is 11.0 Å². The number of aliphatic carboxylic acids is 1. The Morgan fingerprint density at radius 1 is 1.11 bits per heavy atom. The van der Waals surface area contributed by atoms with Crippen molar-refractivity contribution in [3.05, 3.63) is 71.5 Å². The van der Waals surface area contributed by atoms with Crippen molar-refractivity contribution >= 4 is 22.8 Å². The Hall–Kier alpha value is -3.12. The van der Waals surface area contributed by atoms with E-state index in [-0.39, 0.29) is 30.7 Å². The van der Waals surface area contributed by atoms with E-state index in [2.05, 4.69) is 0 Å². The second-order valence-corrected chi connectivity index (χ2v) is 7.01. The number of benzene rings is 2. The minimum absolute atomic E-state index is 0.150. The van der Waals surface area contributed by atoms with E-state index < -0.39 is 11.9 Å². The molecule has 1 aromatic heterocycles. The lowest BCUT2D eigenvalue weighted by Gasteiger charge is -2.16. The molecule has 0 bridgehead atoms. The van der Waals surface area contributed by atoms with Gasteiger partial charge in [-0.05, 0) is 11.6 Å². The molecule has 2 atom stereocenters. The predicted octanol–water partition coefficient (Wildman–Crippen LogP) is 3.52. The molecule has 1 fully saturated rings. The molecule has 2 aromatic carbocycles. The summed E-state index contributed by atoms with van der Waals surface area (Å²) >= 11 is 0. The van der Waals surface area contributed by atoms with Crippen molar-refractivity contribution < 1.29 is 23.8 Å². The number of hydrogen-bond acceptors (Lipinski definition) is 4. The van der Waals surface area contributed by atoms with E-state index in [0.717, 1.165) is 10.9 Å². The number of furan rings is 1. The number of carbonyl (C=O) groups excluding carboxylic acids is 1. The minimum Gasteiger partial charge on any atom is -0.481 e. The van der Waals surface area contributed by atoms with Crippen molar-refractivity contribution in [3.8, 4) is 0 Å². The summed E-state index contributed by atoms with van der Waals surface area (Å²) in [6, 6.07) is 16.9. The van der Waals surface area contributed by atoms with Crippen molar-refractivity contribution in [3.63, 3.8) is 0 Å². The second-order valence-electron chi connectivity index (χ2n) is 7.01. The monoisotopic (exact) mass is 379 g/mol.